The summed E-state index contributed by atoms with van der Waals surface area (Å²) in [6.45, 7) is 5.74. The fraction of sp³-hybridized carbons (Fsp3) is 0.562. The van der Waals surface area contributed by atoms with Gasteiger partial charge in [-0.05, 0) is 63.1 Å². The third-order valence-corrected chi connectivity index (χ3v) is 3.98. The van der Waals surface area contributed by atoms with E-state index in [4.69, 9.17) is 4.74 Å². The van der Waals surface area contributed by atoms with Gasteiger partial charge in [-0.1, -0.05) is 28.1 Å². The van der Waals surface area contributed by atoms with Crippen molar-refractivity contribution in [2.24, 2.45) is 5.92 Å². The van der Waals surface area contributed by atoms with Crippen LogP contribution in [0.3, 0.4) is 0 Å². The Morgan fingerprint density at radius 3 is 2.37 bits per heavy atom. The molecule has 0 radical (unpaired) electrons. The molecule has 0 atom stereocenters. The molecule has 2 rings (SSSR count). The van der Waals surface area contributed by atoms with Crippen molar-refractivity contribution in [3.05, 3.63) is 34.3 Å². The summed E-state index contributed by atoms with van der Waals surface area (Å²) in [4.78, 5) is 11.7. The molecule has 1 aliphatic carbocycles. The van der Waals surface area contributed by atoms with Crippen LogP contribution < -0.4 is 0 Å². The highest BCUT2D eigenvalue weighted by molar-refractivity contribution is 9.10. The monoisotopic (exact) mass is 324 g/mol. The van der Waals surface area contributed by atoms with Crippen LogP contribution in [-0.2, 0) is 9.53 Å². The average Bonchev–Trinajstić information content (AvgIpc) is 2.22. The van der Waals surface area contributed by atoms with Crippen molar-refractivity contribution in [2.75, 3.05) is 0 Å². The Labute approximate surface area is 123 Å². The number of carbonyl (C=O) groups excluding carboxylic acids is 1. The number of carbonyl (C=O) groups is 1. The lowest BCUT2D eigenvalue weighted by molar-refractivity contribution is -0.156. The van der Waals surface area contributed by atoms with Gasteiger partial charge in [0.25, 0.3) is 0 Å². The van der Waals surface area contributed by atoms with E-state index in [2.05, 4.69) is 40.2 Å². The van der Waals surface area contributed by atoms with Crippen molar-refractivity contribution in [3.63, 3.8) is 0 Å². The first kappa shape index (κ1) is 14.6. The van der Waals surface area contributed by atoms with Gasteiger partial charge in [-0.25, -0.2) is 0 Å². The summed E-state index contributed by atoms with van der Waals surface area (Å²) in [6.07, 6.45) is 2.76. The van der Waals surface area contributed by atoms with Crippen LogP contribution in [0.4, 0.5) is 0 Å². The highest BCUT2D eigenvalue weighted by atomic mass is 79.9. The maximum Gasteiger partial charge on any atom is 0.306 e. The molecular formula is C16H21BrO2. The van der Waals surface area contributed by atoms with E-state index in [1.807, 2.05) is 20.8 Å². The number of halogens is 1. The first-order valence-electron chi connectivity index (χ1n) is 6.81. The molecule has 0 amide bonds. The van der Waals surface area contributed by atoms with Gasteiger partial charge in [-0.15, -0.1) is 0 Å². The standard InChI is InChI=1S/C16H21BrO2/c1-16(2,3)19-15(18)10-11-8-13(9-11)12-4-6-14(17)7-5-12/h4-7,11,13H,8-10H2,1-3H3. The van der Waals surface area contributed by atoms with Crippen LogP contribution >= 0.6 is 15.9 Å². The fourth-order valence-electron chi connectivity index (χ4n) is 2.53. The number of hydrogen-bond donors (Lipinski definition) is 0. The molecule has 0 heterocycles. The van der Waals surface area contributed by atoms with Gasteiger partial charge in [0.1, 0.15) is 5.60 Å². The van der Waals surface area contributed by atoms with Gasteiger partial charge in [-0.2, -0.15) is 0 Å². The lowest BCUT2D eigenvalue weighted by Crippen LogP contribution is -2.29. The van der Waals surface area contributed by atoms with Gasteiger partial charge >= 0.3 is 5.97 Å². The van der Waals surface area contributed by atoms with Crippen molar-refractivity contribution < 1.29 is 9.53 Å². The molecule has 1 fully saturated rings. The minimum Gasteiger partial charge on any atom is -0.460 e. The minimum absolute atomic E-state index is 0.0632. The second kappa shape index (κ2) is 5.66. The molecule has 0 bridgehead atoms. The van der Waals surface area contributed by atoms with Crippen LogP contribution in [0.1, 0.15) is 51.5 Å². The van der Waals surface area contributed by atoms with Gasteiger partial charge in [0.05, 0.1) is 0 Å². The molecule has 1 saturated carbocycles. The van der Waals surface area contributed by atoms with Crippen LogP contribution in [0.25, 0.3) is 0 Å². The molecule has 0 saturated heterocycles. The Balaban J connectivity index is 1.77. The average molecular weight is 325 g/mol. The van der Waals surface area contributed by atoms with Gasteiger partial charge in [0.15, 0.2) is 0 Å². The van der Waals surface area contributed by atoms with E-state index < -0.39 is 0 Å². The summed E-state index contributed by atoms with van der Waals surface area (Å²) in [6, 6.07) is 8.49. The quantitative estimate of drug-likeness (QED) is 0.755. The largest absolute Gasteiger partial charge is 0.460 e. The molecule has 19 heavy (non-hydrogen) atoms. The second-order valence-electron chi connectivity index (χ2n) is 6.38. The molecule has 0 N–H and O–H groups in total. The highest BCUT2D eigenvalue weighted by Gasteiger charge is 2.32. The van der Waals surface area contributed by atoms with Gasteiger partial charge in [0.2, 0.25) is 0 Å². The number of rotatable bonds is 3. The van der Waals surface area contributed by atoms with E-state index in [1.165, 1.54) is 5.56 Å². The summed E-state index contributed by atoms with van der Waals surface area (Å²) in [5.41, 5.74) is 1.01. The summed E-state index contributed by atoms with van der Waals surface area (Å²) >= 11 is 3.45. The Bertz CT molecular complexity index is 439. The van der Waals surface area contributed by atoms with Crippen LogP contribution in [0.15, 0.2) is 28.7 Å². The number of esters is 1. The smallest absolute Gasteiger partial charge is 0.306 e. The van der Waals surface area contributed by atoms with E-state index in [-0.39, 0.29) is 11.6 Å². The molecule has 0 unspecified atom stereocenters. The van der Waals surface area contributed by atoms with Crippen molar-refractivity contribution >= 4 is 21.9 Å². The predicted molar refractivity (Wildman–Crippen MR) is 80.1 cm³/mol. The van der Waals surface area contributed by atoms with E-state index >= 15 is 0 Å². The molecule has 104 valence electrons. The topological polar surface area (TPSA) is 26.3 Å². The van der Waals surface area contributed by atoms with Crippen LogP contribution in [-0.4, -0.2) is 11.6 Å². The second-order valence-corrected chi connectivity index (χ2v) is 7.29. The zero-order chi connectivity index (χ0) is 14.0. The van der Waals surface area contributed by atoms with E-state index in [1.54, 1.807) is 0 Å². The van der Waals surface area contributed by atoms with Crippen molar-refractivity contribution in [1.29, 1.82) is 0 Å². The normalized spacial score (nSPS) is 22.7. The lowest BCUT2D eigenvalue weighted by Gasteiger charge is -2.35. The highest BCUT2D eigenvalue weighted by Crippen LogP contribution is 2.43. The molecular weight excluding hydrogens is 304 g/mol. The summed E-state index contributed by atoms with van der Waals surface area (Å²) in [7, 11) is 0. The maximum atomic E-state index is 11.7. The van der Waals surface area contributed by atoms with E-state index in [9.17, 15) is 4.79 Å². The van der Waals surface area contributed by atoms with E-state index in [0.29, 0.717) is 18.3 Å². The predicted octanol–water partition coefficient (Wildman–Crippen LogP) is 4.67. The summed E-state index contributed by atoms with van der Waals surface area (Å²) < 4.78 is 6.47. The first-order chi connectivity index (χ1) is 8.83. The van der Waals surface area contributed by atoms with Gasteiger partial charge in [-0.3, -0.25) is 4.79 Å². The molecule has 3 heteroatoms. The number of hydrogen-bond acceptors (Lipinski definition) is 2. The van der Waals surface area contributed by atoms with Gasteiger partial charge in [0, 0.05) is 10.9 Å². The Morgan fingerprint density at radius 2 is 1.84 bits per heavy atom. The third-order valence-electron chi connectivity index (χ3n) is 3.45. The number of benzene rings is 1. The Morgan fingerprint density at radius 1 is 1.26 bits per heavy atom. The minimum atomic E-state index is -0.369. The zero-order valence-electron chi connectivity index (χ0n) is 11.8. The SMILES string of the molecule is CC(C)(C)OC(=O)CC1CC(c2ccc(Br)cc2)C1. The Hall–Kier alpha value is -0.830. The molecule has 2 nitrogen and oxygen atoms in total. The molecule has 1 aromatic carbocycles. The lowest BCUT2D eigenvalue weighted by atomic mass is 9.70. The number of ether oxygens (including phenoxy) is 1. The summed E-state index contributed by atoms with van der Waals surface area (Å²) in [5.74, 6) is 1.04. The summed E-state index contributed by atoms with van der Waals surface area (Å²) in [5, 5.41) is 0. The van der Waals surface area contributed by atoms with E-state index in [0.717, 1.165) is 17.3 Å². The fourth-order valence-corrected chi connectivity index (χ4v) is 2.79. The first-order valence-corrected chi connectivity index (χ1v) is 7.60. The van der Waals surface area contributed by atoms with Crippen LogP contribution in [0, 0.1) is 5.92 Å². The molecule has 0 aliphatic heterocycles. The Kier molecular flexibility index (Phi) is 4.34. The molecule has 0 spiro atoms. The van der Waals surface area contributed by atoms with Crippen LogP contribution in [0.2, 0.25) is 0 Å². The zero-order valence-corrected chi connectivity index (χ0v) is 13.4. The van der Waals surface area contributed by atoms with Gasteiger partial charge < -0.3 is 4.74 Å². The third kappa shape index (κ3) is 4.34. The molecule has 0 aromatic heterocycles. The van der Waals surface area contributed by atoms with Crippen molar-refractivity contribution in [1.82, 2.24) is 0 Å². The van der Waals surface area contributed by atoms with Crippen LogP contribution in [0.5, 0.6) is 0 Å². The van der Waals surface area contributed by atoms with Crippen molar-refractivity contribution in [2.45, 2.75) is 51.6 Å². The molecule has 1 aromatic rings. The van der Waals surface area contributed by atoms with Crippen molar-refractivity contribution in [3.8, 4) is 0 Å². The maximum absolute atomic E-state index is 11.7. The molecule has 1 aliphatic rings.